The van der Waals surface area contributed by atoms with Crippen molar-refractivity contribution in [1.82, 2.24) is 15.2 Å². The average molecular weight is 233 g/mol. The standard InChI is InChI=1S/C13H19N3O/c1-3-15-12-5-7-16(13(12)17)9-11-8-14-6-4-10(11)2/h4,6,8,12,15H,3,5,7,9H2,1-2H3. The van der Waals surface area contributed by atoms with E-state index in [4.69, 9.17) is 0 Å². The Labute approximate surface area is 102 Å². The van der Waals surface area contributed by atoms with Gasteiger partial charge in [-0.25, -0.2) is 0 Å². The fourth-order valence-electron chi connectivity index (χ4n) is 2.20. The van der Waals surface area contributed by atoms with Gasteiger partial charge in [0.05, 0.1) is 6.04 Å². The molecule has 1 unspecified atom stereocenters. The lowest BCUT2D eigenvalue weighted by atomic mass is 10.1. The first-order chi connectivity index (χ1) is 8.22. The van der Waals surface area contributed by atoms with Crippen LogP contribution in [0, 0.1) is 6.92 Å². The number of likely N-dealkylation sites (tertiary alicyclic amines) is 1. The minimum absolute atomic E-state index is 0.0111. The third kappa shape index (κ3) is 2.64. The van der Waals surface area contributed by atoms with Crippen LogP contribution in [0.1, 0.15) is 24.5 Å². The van der Waals surface area contributed by atoms with Gasteiger partial charge >= 0.3 is 0 Å². The molecule has 0 spiro atoms. The van der Waals surface area contributed by atoms with Gasteiger partial charge < -0.3 is 10.2 Å². The highest BCUT2D eigenvalue weighted by molar-refractivity contribution is 5.83. The zero-order valence-corrected chi connectivity index (χ0v) is 10.4. The van der Waals surface area contributed by atoms with Gasteiger partial charge in [0.2, 0.25) is 5.91 Å². The summed E-state index contributed by atoms with van der Waals surface area (Å²) in [4.78, 5) is 18.1. The summed E-state index contributed by atoms with van der Waals surface area (Å²) in [6.07, 6.45) is 4.54. The second kappa shape index (κ2) is 5.27. The van der Waals surface area contributed by atoms with Gasteiger partial charge in [-0.2, -0.15) is 0 Å². The number of carbonyl (C=O) groups excluding carboxylic acids is 1. The van der Waals surface area contributed by atoms with Crippen LogP contribution in [0.3, 0.4) is 0 Å². The molecular weight excluding hydrogens is 214 g/mol. The molecule has 4 nitrogen and oxygen atoms in total. The number of rotatable bonds is 4. The number of nitrogens with one attached hydrogen (secondary N) is 1. The third-order valence-corrected chi connectivity index (χ3v) is 3.26. The fraction of sp³-hybridized carbons (Fsp3) is 0.538. The summed E-state index contributed by atoms with van der Waals surface area (Å²) in [5, 5.41) is 3.22. The second-order valence-corrected chi connectivity index (χ2v) is 4.46. The van der Waals surface area contributed by atoms with Gasteiger partial charge in [-0.15, -0.1) is 0 Å². The fourth-order valence-corrected chi connectivity index (χ4v) is 2.20. The van der Waals surface area contributed by atoms with E-state index < -0.39 is 0 Å². The number of nitrogens with zero attached hydrogens (tertiary/aromatic N) is 2. The Morgan fingerprint density at radius 1 is 1.59 bits per heavy atom. The van der Waals surface area contributed by atoms with Crippen molar-refractivity contribution in [2.75, 3.05) is 13.1 Å². The van der Waals surface area contributed by atoms with Gasteiger partial charge in [-0.1, -0.05) is 6.92 Å². The number of aryl methyl sites for hydroxylation is 1. The first-order valence-electron chi connectivity index (χ1n) is 6.14. The molecule has 2 heterocycles. The molecule has 0 aliphatic carbocycles. The molecule has 1 fully saturated rings. The van der Waals surface area contributed by atoms with Crippen molar-refractivity contribution in [3.8, 4) is 0 Å². The smallest absolute Gasteiger partial charge is 0.240 e. The molecule has 1 N–H and O–H groups in total. The summed E-state index contributed by atoms with van der Waals surface area (Å²) in [6, 6.07) is 1.99. The highest BCUT2D eigenvalue weighted by Crippen LogP contribution is 2.16. The van der Waals surface area contributed by atoms with Gasteiger partial charge in [-0.05, 0) is 37.1 Å². The number of hydrogen-bond donors (Lipinski definition) is 1. The molecule has 0 saturated carbocycles. The molecular formula is C13H19N3O. The Bertz CT molecular complexity index is 405. The number of hydrogen-bond acceptors (Lipinski definition) is 3. The van der Waals surface area contributed by atoms with Crippen molar-refractivity contribution in [2.45, 2.75) is 32.9 Å². The van der Waals surface area contributed by atoms with E-state index in [1.807, 2.05) is 24.1 Å². The van der Waals surface area contributed by atoms with Crippen LogP contribution in [0.4, 0.5) is 0 Å². The van der Waals surface area contributed by atoms with E-state index in [9.17, 15) is 4.79 Å². The largest absolute Gasteiger partial charge is 0.337 e. The van der Waals surface area contributed by atoms with Gasteiger partial charge in [0.15, 0.2) is 0 Å². The minimum atomic E-state index is 0.0111. The van der Waals surface area contributed by atoms with Crippen LogP contribution in [0.25, 0.3) is 0 Å². The summed E-state index contributed by atoms with van der Waals surface area (Å²) < 4.78 is 0. The Hall–Kier alpha value is -1.42. The van der Waals surface area contributed by atoms with E-state index in [-0.39, 0.29) is 11.9 Å². The Morgan fingerprint density at radius 3 is 3.12 bits per heavy atom. The third-order valence-electron chi connectivity index (χ3n) is 3.26. The van der Waals surface area contributed by atoms with E-state index >= 15 is 0 Å². The molecule has 1 atom stereocenters. The van der Waals surface area contributed by atoms with Crippen molar-refractivity contribution >= 4 is 5.91 Å². The summed E-state index contributed by atoms with van der Waals surface area (Å²) >= 11 is 0. The molecule has 0 radical (unpaired) electrons. The first-order valence-corrected chi connectivity index (χ1v) is 6.14. The topological polar surface area (TPSA) is 45.2 Å². The van der Waals surface area contributed by atoms with Crippen molar-refractivity contribution in [3.63, 3.8) is 0 Å². The molecule has 1 aromatic rings. The summed E-state index contributed by atoms with van der Waals surface area (Å²) in [5.74, 6) is 0.218. The van der Waals surface area contributed by atoms with Gasteiger partial charge in [0.25, 0.3) is 0 Å². The van der Waals surface area contributed by atoms with Crippen molar-refractivity contribution in [2.24, 2.45) is 0 Å². The van der Waals surface area contributed by atoms with Crippen LogP contribution in [0.5, 0.6) is 0 Å². The molecule has 0 aromatic carbocycles. The Morgan fingerprint density at radius 2 is 2.41 bits per heavy atom. The van der Waals surface area contributed by atoms with E-state index in [0.717, 1.165) is 25.1 Å². The molecule has 1 aliphatic rings. The molecule has 1 saturated heterocycles. The van der Waals surface area contributed by atoms with Crippen molar-refractivity contribution < 1.29 is 4.79 Å². The van der Waals surface area contributed by atoms with Crippen LogP contribution in [-0.4, -0.2) is 34.9 Å². The lowest BCUT2D eigenvalue weighted by Gasteiger charge is -2.17. The first kappa shape index (κ1) is 12.0. The highest BCUT2D eigenvalue weighted by Gasteiger charge is 2.30. The quantitative estimate of drug-likeness (QED) is 0.847. The van der Waals surface area contributed by atoms with Gasteiger partial charge in [-0.3, -0.25) is 9.78 Å². The maximum Gasteiger partial charge on any atom is 0.240 e. The molecule has 0 bridgehead atoms. The molecule has 2 rings (SSSR count). The van der Waals surface area contributed by atoms with Crippen LogP contribution in [0.15, 0.2) is 18.5 Å². The lowest BCUT2D eigenvalue weighted by Crippen LogP contribution is -2.37. The monoisotopic (exact) mass is 233 g/mol. The maximum absolute atomic E-state index is 12.1. The number of carbonyl (C=O) groups is 1. The molecule has 1 amide bonds. The zero-order valence-electron chi connectivity index (χ0n) is 10.4. The predicted octanol–water partition coefficient (Wildman–Crippen LogP) is 1.10. The van der Waals surface area contributed by atoms with E-state index in [1.54, 1.807) is 6.20 Å². The Kier molecular flexibility index (Phi) is 3.74. The van der Waals surface area contributed by atoms with Crippen LogP contribution in [-0.2, 0) is 11.3 Å². The summed E-state index contributed by atoms with van der Waals surface area (Å²) in [7, 11) is 0. The summed E-state index contributed by atoms with van der Waals surface area (Å²) in [6.45, 7) is 6.45. The highest BCUT2D eigenvalue weighted by atomic mass is 16.2. The van der Waals surface area contributed by atoms with Gasteiger partial charge in [0, 0.05) is 25.5 Å². The molecule has 1 aliphatic heterocycles. The lowest BCUT2D eigenvalue weighted by molar-refractivity contribution is -0.129. The number of likely N-dealkylation sites (N-methyl/N-ethyl adjacent to an activating group) is 1. The van der Waals surface area contributed by atoms with Crippen molar-refractivity contribution in [1.29, 1.82) is 0 Å². The average Bonchev–Trinajstić information content (AvgIpc) is 2.65. The predicted molar refractivity (Wildman–Crippen MR) is 66.5 cm³/mol. The maximum atomic E-state index is 12.1. The van der Waals surface area contributed by atoms with E-state index in [0.29, 0.717) is 6.54 Å². The van der Waals surface area contributed by atoms with Crippen LogP contribution < -0.4 is 5.32 Å². The van der Waals surface area contributed by atoms with Gasteiger partial charge in [0.1, 0.15) is 0 Å². The van der Waals surface area contributed by atoms with E-state index in [1.165, 1.54) is 5.56 Å². The normalized spacial score (nSPS) is 20.0. The van der Waals surface area contributed by atoms with Crippen LogP contribution in [0.2, 0.25) is 0 Å². The SMILES string of the molecule is CCNC1CCN(Cc2cnccc2C)C1=O. The summed E-state index contributed by atoms with van der Waals surface area (Å²) in [5.41, 5.74) is 2.33. The van der Waals surface area contributed by atoms with Crippen LogP contribution >= 0.6 is 0 Å². The molecule has 4 heteroatoms. The molecule has 17 heavy (non-hydrogen) atoms. The number of amides is 1. The minimum Gasteiger partial charge on any atom is -0.337 e. The van der Waals surface area contributed by atoms with E-state index in [2.05, 4.69) is 17.2 Å². The molecule has 92 valence electrons. The Balaban J connectivity index is 2.02. The number of pyridine rings is 1. The zero-order chi connectivity index (χ0) is 12.3. The second-order valence-electron chi connectivity index (χ2n) is 4.46. The van der Waals surface area contributed by atoms with Crippen molar-refractivity contribution in [3.05, 3.63) is 29.6 Å². The number of aromatic nitrogens is 1. The molecule has 1 aromatic heterocycles.